The highest BCUT2D eigenvalue weighted by atomic mass is 79.9. The maximum atomic E-state index is 5.75. The summed E-state index contributed by atoms with van der Waals surface area (Å²) in [5.74, 6) is 0.668. The molecular formula is C13H20BrN3O. The number of hydrogen-bond acceptors (Lipinski definition) is 4. The van der Waals surface area contributed by atoms with Crippen molar-refractivity contribution in [2.24, 2.45) is 5.73 Å². The molecule has 0 saturated carbocycles. The van der Waals surface area contributed by atoms with Crippen LogP contribution in [0.3, 0.4) is 0 Å². The lowest BCUT2D eigenvalue weighted by Crippen LogP contribution is -2.26. The number of halogens is 1. The van der Waals surface area contributed by atoms with Crippen molar-refractivity contribution in [3.05, 3.63) is 22.3 Å². The van der Waals surface area contributed by atoms with Gasteiger partial charge in [-0.2, -0.15) is 0 Å². The van der Waals surface area contributed by atoms with Gasteiger partial charge in [-0.15, -0.1) is 0 Å². The van der Waals surface area contributed by atoms with E-state index in [9.17, 15) is 0 Å². The fourth-order valence-corrected chi connectivity index (χ4v) is 2.76. The van der Waals surface area contributed by atoms with Crippen LogP contribution in [0.1, 0.15) is 24.8 Å². The van der Waals surface area contributed by atoms with E-state index in [1.54, 1.807) is 6.20 Å². The second kappa shape index (κ2) is 6.50. The molecule has 18 heavy (non-hydrogen) atoms. The lowest BCUT2D eigenvalue weighted by atomic mass is 10.1. The molecule has 0 radical (unpaired) electrons. The highest BCUT2D eigenvalue weighted by molar-refractivity contribution is 9.10. The van der Waals surface area contributed by atoms with Gasteiger partial charge in [-0.25, -0.2) is 4.98 Å². The quantitative estimate of drug-likeness (QED) is 0.905. The van der Waals surface area contributed by atoms with Crippen LogP contribution in [-0.2, 0) is 6.54 Å². The van der Waals surface area contributed by atoms with Crippen LogP contribution in [0.2, 0.25) is 0 Å². The summed E-state index contributed by atoms with van der Waals surface area (Å²) < 4.78 is 6.69. The van der Waals surface area contributed by atoms with Gasteiger partial charge in [0.25, 0.3) is 0 Å². The summed E-state index contributed by atoms with van der Waals surface area (Å²) in [7, 11) is 2.18. The molecule has 2 rings (SSSR count). The Morgan fingerprint density at radius 1 is 1.61 bits per heavy atom. The molecule has 0 bridgehead atoms. The lowest BCUT2D eigenvalue weighted by molar-refractivity contribution is 0.227. The van der Waals surface area contributed by atoms with Crippen LogP contribution in [-0.4, -0.2) is 36.1 Å². The Morgan fingerprint density at radius 3 is 3.11 bits per heavy atom. The molecule has 1 saturated heterocycles. The summed E-state index contributed by atoms with van der Waals surface area (Å²) in [4.78, 5) is 6.67. The summed E-state index contributed by atoms with van der Waals surface area (Å²) in [6, 6.07) is 2.62. The zero-order valence-corrected chi connectivity index (χ0v) is 12.3. The number of pyridine rings is 1. The highest BCUT2D eigenvalue weighted by Crippen LogP contribution is 2.21. The van der Waals surface area contributed by atoms with Gasteiger partial charge in [0, 0.05) is 28.8 Å². The monoisotopic (exact) mass is 313 g/mol. The van der Waals surface area contributed by atoms with Crippen LogP contribution < -0.4 is 10.5 Å². The van der Waals surface area contributed by atoms with Gasteiger partial charge in [-0.1, -0.05) is 0 Å². The minimum absolute atomic E-state index is 0.450. The van der Waals surface area contributed by atoms with Gasteiger partial charge < -0.3 is 15.4 Å². The molecule has 1 fully saturated rings. The number of ether oxygens (including phenoxy) is 1. The summed E-state index contributed by atoms with van der Waals surface area (Å²) in [6.45, 7) is 2.36. The zero-order valence-electron chi connectivity index (χ0n) is 10.7. The largest absolute Gasteiger partial charge is 0.477 e. The molecule has 0 aromatic carbocycles. The van der Waals surface area contributed by atoms with E-state index in [-0.39, 0.29) is 0 Å². The molecule has 100 valence electrons. The number of rotatable bonds is 5. The first-order valence-corrected chi connectivity index (χ1v) is 7.17. The van der Waals surface area contributed by atoms with E-state index in [2.05, 4.69) is 32.9 Å². The number of hydrogen-bond donors (Lipinski definition) is 1. The molecule has 1 aliphatic rings. The van der Waals surface area contributed by atoms with Gasteiger partial charge >= 0.3 is 0 Å². The van der Waals surface area contributed by atoms with Crippen molar-refractivity contribution in [2.45, 2.75) is 31.8 Å². The van der Waals surface area contributed by atoms with Gasteiger partial charge in [-0.05, 0) is 54.9 Å². The van der Waals surface area contributed by atoms with E-state index in [0.717, 1.165) is 16.5 Å². The molecule has 1 atom stereocenters. The normalized spacial score (nSPS) is 20.3. The Bertz CT molecular complexity index is 400. The van der Waals surface area contributed by atoms with E-state index in [4.69, 9.17) is 10.5 Å². The highest BCUT2D eigenvalue weighted by Gasteiger charge is 2.20. The van der Waals surface area contributed by atoms with Crippen LogP contribution in [0, 0.1) is 0 Å². The topological polar surface area (TPSA) is 51.4 Å². The Morgan fingerprint density at radius 2 is 2.44 bits per heavy atom. The smallest absolute Gasteiger partial charge is 0.217 e. The van der Waals surface area contributed by atoms with Crippen molar-refractivity contribution in [3.63, 3.8) is 0 Å². The maximum absolute atomic E-state index is 5.75. The van der Waals surface area contributed by atoms with E-state index in [1.165, 1.54) is 19.4 Å². The summed E-state index contributed by atoms with van der Waals surface area (Å²) in [6.07, 6.45) is 5.37. The van der Waals surface area contributed by atoms with Gasteiger partial charge in [0.1, 0.15) is 0 Å². The van der Waals surface area contributed by atoms with Crippen molar-refractivity contribution in [2.75, 3.05) is 20.2 Å². The molecule has 1 aromatic rings. The third kappa shape index (κ3) is 3.43. The van der Waals surface area contributed by atoms with Crippen molar-refractivity contribution in [1.29, 1.82) is 0 Å². The minimum Gasteiger partial charge on any atom is -0.477 e. The molecule has 0 aliphatic carbocycles. The van der Waals surface area contributed by atoms with Gasteiger partial charge in [0.05, 0.1) is 6.61 Å². The third-order valence-corrected chi connectivity index (χ3v) is 3.91. The van der Waals surface area contributed by atoms with Crippen molar-refractivity contribution < 1.29 is 4.74 Å². The standard InChI is InChI=1S/C13H20BrN3O/c1-17-5-2-3-12(17)4-6-18-13-10(8-15)7-11(14)9-16-13/h7,9,12H,2-6,8,15H2,1H3. The molecule has 5 heteroatoms. The van der Waals surface area contributed by atoms with Gasteiger partial charge in [0.2, 0.25) is 5.88 Å². The SMILES string of the molecule is CN1CCCC1CCOc1ncc(Br)cc1CN. The molecule has 2 N–H and O–H groups in total. The average Bonchev–Trinajstić information content (AvgIpc) is 2.77. The molecule has 4 nitrogen and oxygen atoms in total. The Hall–Kier alpha value is -0.650. The second-order valence-electron chi connectivity index (χ2n) is 4.74. The van der Waals surface area contributed by atoms with Crippen LogP contribution in [0.25, 0.3) is 0 Å². The molecule has 0 amide bonds. The molecule has 2 heterocycles. The number of nitrogens with zero attached hydrogens (tertiary/aromatic N) is 2. The third-order valence-electron chi connectivity index (χ3n) is 3.47. The number of likely N-dealkylation sites (tertiary alicyclic amines) is 1. The van der Waals surface area contributed by atoms with Crippen molar-refractivity contribution in [1.82, 2.24) is 9.88 Å². The molecule has 0 spiro atoms. The van der Waals surface area contributed by atoms with Crippen molar-refractivity contribution in [3.8, 4) is 5.88 Å². The van der Waals surface area contributed by atoms with Crippen LogP contribution in [0.5, 0.6) is 5.88 Å². The lowest BCUT2D eigenvalue weighted by Gasteiger charge is -2.19. The molecular weight excluding hydrogens is 294 g/mol. The summed E-state index contributed by atoms with van der Waals surface area (Å²) >= 11 is 3.39. The fourth-order valence-electron chi connectivity index (χ4n) is 2.38. The van der Waals surface area contributed by atoms with E-state index in [0.29, 0.717) is 25.1 Å². The summed E-state index contributed by atoms with van der Waals surface area (Å²) in [5, 5.41) is 0. The predicted octanol–water partition coefficient (Wildman–Crippen LogP) is 2.17. The molecule has 1 aromatic heterocycles. The minimum atomic E-state index is 0.450. The molecule has 1 aliphatic heterocycles. The first-order valence-electron chi connectivity index (χ1n) is 6.38. The average molecular weight is 314 g/mol. The first kappa shape index (κ1) is 13.8. The van der Waals surface area contributed by atoms with Crippen LogP contribution >= 0.6 is 15.9 Å². The number of aromatic nitrogens is 1. The number of nitrogens with two attached hydrogens (primary N) is 1. The van der Waals surface area contributed by atoms with E-state index >= 15 is 0 Å². The Kier molecular flexibility index (Phi) is 4.97. The van der Waals surface area contributed by atoms with E-state index in [1.807, 2.05) is 6.07 Å². The van der Waals surface area contributed by atoms with Crippen molar-refractivity contribution >= 4 is 15.9 Å². The summed E-state index contributed by atoms with van der Waals surface area (Å²) in [5.41, 5.74) is 6.63. The van der Waals surface area contributed by atoms with Gasteiger partial charge in [-0.3, -0.25) is 0 Å². The van der Waals surface area contributed by atoms with Crippen LogP contribution in [0.15, 0.2) is 16.7 Å². The van der Waals surface area contributed by atoms with Gasteiger partial charge in [0.15, 0.2) is 0 Å². The maximum Gasteiger partial charge on any atom is 0.217 e. The van der Waals surface area contributed by atoms with Crippen LogP contribution in [0.4, 0.5) is 0 Å². The molecule has 1 unspecified atom stereocenters. The zero-order chi connectivity index (χ0) is 13.0. The predicted molar refractivity (Wildman–Crippen MR) is 75.6 cm³/mol. The first-order chi connectivity index (χ1) is 8.70. The fraction of sp³-hybridized carbons (Fsp3) is 0.615. The Balaban J connectivity index is 1.86. The Labute approximate surface area is 117 Å². The van der Waals surface area contributed by atoms with E-state index < -0.39 is 0 Å². The second-order valence-corrected chi connectivity index (χ2v) is 5.65.